The summed E-state index contributed by atoms with van der Waals surface area (Å²) >= 11 is 6.17. The number of hydrogen-bond donors (Lipinski definition) is 1. The summed E-state index contributed by atoms with van der Waals surface area (Å²) in [6, 6.07) is 4.03. The number of hydrogen-bond acceptors (Lipinski definition) is 3. The second-order valence-corrected chi connectivity index (χ2v) is 9.23. The number of amides is 1. The van der Waals surface area contributed by atoms with Gasteiger partial charge in [0.05, 0.1) is 15.5 Å². The van der Waals surface area contributed by atoms with E-state index < -0.39 is 10.0 Å². The third kappa shape index (κ3) is 5.43. The second-order valence-electron chi connectivity index (χ2n) is 7.11. The molecule has 0 aliphatic heterocycles. The highest BCUT2D eigenvalue weighted by Crippen LogP contribution is 2.26. The van der Waals surface area contributed by atoms with Gasteiger partial charge in [-0.05, 0) is 50.8 Å². The molecule has 140 valence electrons. The average Bonchev–Trinajstić information content (AvgIpc) is 2.54. The summed E-state index contributed by atoms with van der Waals surface area (Å²) in [4.78, 5) is 14.5. The molecule has 1 aromatic rings. The van der Waals surface area contributed by atoms with Crippen LogP contribution < -0.4 is 4.72 Å². The molecular weight excluding hydrogens is 360 g/mol. The zero-order valence-electron chi connectivity index (χ0n) is 15.1. The number of carbonyl (C=O) groups is 1. The van der Waals surface area contributed by atoms with Gasteiger partial charge < -0.3 is 4.90 Å². The summed E-state index contributed by atoms with van der Waals surface area (Å²) in [7, 11) is -1.91. The highest BCUT2D eigenvalue weighted by molar-refractivity contribution is 7.89. The van der Waals surface area contributed by atoms with Gasteiger partial charge in [-0.1, -0.05) is 30.9 Å². The van der Waals surface area contributed by atoms with Crippen LogP contribution in [0.5, 0.6) is 0 Å². The van der Waals surface area contributed by atoms with Gasteiger partial charge in [0.1, 0.15) is 0 Å². The summed E-state index contributed by atoms with van der Waals surface area (Å²) in [5.74, 6) is 0.271. The second kappa shape index (κ2) is 8.52. The third-order valence-electron chi connectivity index (χ3n) is 4.47. The molecule has 1 aliphatic carbocycles. The summed E-state index contributed by atoms with van der Waals surface area (Å²) in [5, 5.41) is 0.268. The maximum Gasteiger partial charge on any atom is 0.255 e. The maximum absolute atomic E-state index is 12.8. The Morgan fingerprint density at radius 3 is 2.52 bits per heavy atom. The van der Waals surface area contributed by atoms with Gasteiger partial charge in [-0.2, -0.15) is 0 Å². The normalized spacial score (nSPS) is 16.2. The summed E-state index contributed by atoms with van der Waals surface area (Å²) in [5.41, 5.74) is 0.228. The molecule has 0 atom stereocenters. The molecule has 1 fully saturated rings. The molecular formula is C18H27ClN2O3S. The minimum atomic E-state index is -3.66. The van der Waals surface area contributed by atoms with Crippen LogP contribution in [0.2, 0.25) is 5.02 Å². The molecule has 0 saturated heterocycles. The van der Waals surface area contributed by atoms with Crippen molar-refractivity contribution in [2.45, 2.75) is 56.9 Å². The van der Waals surface area contributed by atoms with E-state index in [0.29, 0.717) is 12.5 Å². The van der Waals surface area contributed by atoms with E-state index in [2.05, 4.69) is 4.72 Å². The molecule has 1 aromatic carbocycles. The first kappa shape index (κ1) is 20.2. The highest BCUT2D eigenvalue weighted by Gasteiger charge is 2.23. The highest BCUT2D eigenvalue weighted by atomic mass is 35.5. The van der Waals surface area contributed by atoms with Crippen molar-refractivity contribution in [1.82, 2.24) is 9.62 Å². The van der Waals surface area contributed by atoms with E-state index in [1.165, 1.54) is 37.5 Å². The fourth-order valence-electron chi connectivity index (χ4n) is 3.26. The minimum Gasteiger partial charge on any atom is -0.341 e. The number of nitrogens with zero attached hydrogens (tertiary/aromatic N) is 1. The van der Waals surface area contributed by atoms with Crippen LogP contribution in [0.1, 0.15) is 56.3 Å². The topological polar surface area (TPSA) is 66.5 Å². The number of halogens is 1. The molecule has 2 rings (SSSR count). The predicted octanol–water partition coefficient (Wildman–Crippen LogP) is 3.68. The number of carbonyl (C=O) groups excluding carboxylic acids is 1. The largest absolute Gasteiger partial charge is 0.341 e. The van der Waals surface area contributed by atoms with Gasteiger partial charge in [-0.3, -0.25) is 4.79 Å². The van der Waals surface area contributed by atoms with E-state index in [0.717, 1.165) is 12.8 Å². The van der Waals surface area contributed by atoms with Crippen molar-refractivity contribution in [3.8, 4) is 0 Å². The molecule has 0 aromatic heterocycles. The van der Waals surface area contributed by atoms with E-state index in [-0.39, 0.29) is 27.4 Å². The molecule has 5 nitrogen and oxygen atoms in total. The molecule has 1 aliphatic rings. The molecule has 7 heteroatoms. The Labute approximate surface area is 155 Å². The SMILES string of the molecule is CC(C)NS(=O)(=O)c1ccc(Cl)c(C(=O)N(C)CC2CCCCC2)c1. The van der Waals surface area contributed by atoms with Crippen molar-refractivity contribution in [2.75, 3.05) is 13.6 Å². The van der Waals surface area contributed by atoms with Gasteiger partial charge in [0, 0.05) is 19.6 Å². The van der Waals surface area contributed by atoms with Crippen molar-refractivity contribution >= 4 is 27.5 Å². The molecule has 1 N–H and O–H groups in total. The van der Waals surface area contributed by atoms with Gasteiger partial charge in [-0.25, -0.2) is 13.1 Å². The maximum atomic E-state index is 12.8. The van der Waals surface area contributed by atoms with Crippen molar-refractivity contribution in [2.24, 2.45) is 5.92 Å². The molecule has 0 spiro atoms. The lowest BCUT2D eigenvalue weighted by molar-refractivity contribution is 0.0760. The Hall–Kier alpha value is -1.11. The average molecular weight is 387 g/mol. The monoisotopic (exact) mass is 386 g/mol. The van der Waals surface area contributed by atoms with Crippen molar-refractivity contribution in [3.05, 3.63) is 28.8 Å². The van der Waals surface area contributed by atoms with Gasteiger partial charge >= 0.3 is 0 Å². The van der Waals surface area contributed by atoms with E-state index in [1.807, 2.05) is 0 Å². The fraction of sp³-hybridized carbons (Fsp3) is 0.611. The van der Waals surface area contributed by atoms with Crippen molar-refractivity contribution in [3.63, 3.8) is 0 Å². The van der Waals surface area contributed by atoms with Crippen LogP contribution in [0.3, 0.4) is 0 Å². The van der Waals surface area contributed by atoms with Crippen LogP contribution >= 0.6 is 11.6 Å². The summed E-state index contributed by atoms with van der Waals surface area (Å²) in [6.45, 7) is 4.17. The number of sulfonamides is 1. The fourth-order valence-corrected chi connectivity index (χ4v) is 4.73. The van der Waals surface area contributed by atoms with Crippen LogP contribution in [0.15, 0.2) is 23.1 Å². The smallest absolute Gasteiger partial charge is 0.255 e. The Balaban J connectivity index is 2.19. The van der Waals surface area contributed by atoms with E-state index >= 15 is 0 Å². The number of nitrogens with one attached hydrogen (secondary N) is 1. The lowest BCUT2D eigenvalue weighted by Gasteiger charge is -2.27. The van der Waals surface area contributed by atoms with Gasteiger partial charge in [0.25, 0.3) is 5.91 Å². The lowest BCUT2D eigenvalue weighted by atomic mass is 9.89. The van der Waals surface area contributed by atoms with Crippen LogP contribution in [-0.2, 0) is 10.0 Å². The number of rotatable bonds is 6. The minimum absolute atomic E-state index is 0.0556. The Morgan fingerprint density at radius 1 is 1.28 bits per heavy atom. The molecule has 0 radical (unpaired) electrons. The first-order valence-electron chi connectivity index (χ1n) is 8.78. The van der Waals surface area contributed by atoms with Gasteiger partial charge in [0.15, 0.2) is 0 Å². The van der Waals surface area contributed by atoms with Crippen LogP contribution in [0.4, 0.5) is 0 Å². The van der Waals surface area contributed by atoms with Crippen LogP contribution in [0, 0.1) is 5.92 Å². The summed E-state index contributed by atoms with van der Waals surface area (Å²) < 4.78 is 27.2. The standard InChI is InChI=1S/C18H27ClN2O3S/c1-13(2)20-25(23,24)15-9-10-17(19)16(11-15)18(22)21(3)12-14-7-5-4-6-8-14/h9-11,13-14,20H,4-8,12H2,1-3H3. The van der Waals surface area contributed by atoms with Gasteiger partial charge in [0.2, 0.25) is 10.0 Å². The van der Waals surface area contributed by atoms with E-state index in [4.69, 9.17) is 11.6 Å². The van der Waals surface area contributed by atoms with Crippen molar-refractivity contribution in [1.29, 1.82) is 0 Å². The van der Waals surface area contributed by atoms with E-state index in [1.54, 1.807) is 25.8 Å². The molecule has 25 heavy (non-hydrogen) atoms. The lowest BCUT2D eigenvalue weighted by Crippen LogP contribution is -2.33. The van der Waals surface area contributed by atoms with E-state index in [9.17, 15) is 13.2 Å². The Bertz CT molecular complexity index is 713. The van der Waals surface area contributed by atoms with Gasteiger partial charge in [-0.15, -0.1) is 0 Å². The molecule has 0 heterocycles. The van der Waals surface area contributed by atoms with Crippen molar-refractivity contribution < 1.29 is 13.2 Å². The first-order valence-corrected chi connectivity index (χ1v) is 10.6. The number of benzene rings is 1. The summed E-state index contributed by atoms with van der Waals surface area (Å²) in [6.07, 6.45) is 5.96. The zero-order chi connectivity index (χ0) is 18.6. The van der Waals surface area contributed by atoms with Crippen LogP contribution in [-0.4, -0.2) is 38.9 Å². The Kier molecular flexibility index (Phi) is 6.88. The first-order chi connectivity index (χ1) is 11.7. The zero-order valence-corrected chi connectivity index (χ0v) is 16.7. The molecule has 1 amide bonds. The molecule has 0 unspecified atom stereocenters. The Morgan fingerprint density at radius 2 is 1.92 bits per heavy atom. The third-order valence-corrected chi connectivity index (χ3v) is 6.46. The molecule has 1 saturated carbocycles. The quantitative estimate of drug-likeness (QED) is 0.810. The predicted molar refractivity (Wildman–Crippen MR) is 100 cm³/mol. The van der Waals surface area contributed by atoms with Crippen LogP contribution in [0.25, 0.3) is 0 Å². The molecule has 0 bridgehead atoms.